The van der Waals surface area contributed by atoms with Crippen molar-refractivity contribution < 1.29 is 0 Å². The summed E-state index contributed by atoms with van der Waals surface area (Å²) in [6, 6.07) is 0. The molecule has 2 heteroatoms. The monoisotopic (exact) mass is 152 g/mol. The summed E-state index contributed by atoms with van der Waals surface area (Å²) in [4.78, 5) is 0. The van der Waals surface area contributed by atoms with Crippen LogP contribution in [-0.4, -0.2) is 5.75 Å². The number of hydrogen-bond donors (Lipinski definition) is 0. The van der Waals surface area contributed by atoms with Crippen LogP contribution in [0.4, 0.5) is 0 Å². The smallest absolute Gasteiger partial charge is 0.00853 e. The molecule has 8 heavy (non-hydrogen) atoms. The second-order valence-electron chi connectivity index (χ2n) is 2.35. The third-order valence-corrected chi connectivity index (χ3v) is 1.91. The Bertz CT molecular complexity index is 45.8. The molecule has 0 aliphatic carbocycles. The van der Waals surface area contributed by atoms with Crippen LogP contribution in [0, 0.1) is 5.92 Å². The molecule has 0 unspecified atom stereocenters. The summed E-state index contributed by atoms with van der Waals surface area (Å²) < 4.78 is 0. The first-order chi connectivity index (χ1) is 3.77. The van der Waals surface area contributed by atoms with E-state index in [0.29, 0.717) is 0 Å². The summed E-state index contributed by atoms with van der Waals surface area (Å²) in [5.41, 5.74) is 0. The third kappa shape index (κ3) is 6.64. The first kappa shape index (κ1) is 8.64. The van der Waals surface area contributed by atoms with Gasteiger partial charge in [0.2, 0.25) is 0 Å². The highest BCUT2D eigenvalue weighted by molar-refractivity contribution is 8.21. The average molecular weight is 153 g/mol. The van der Waals surface area contributed by atoms with E-state index in [4.69, 9.17) is 10.7 Å². The zero-order valence-corrected chi connectivity index (χ0v) is 7.06. The molecule has 0 aromatic heterocycles. The Morgan fingerprint density at radius 3 is 2.50 bits per heavy atom. The molecule has 0 atom stereocenters. The number of hydrogen-bond acceptors (Lipinski definition) is 1. The maximum atomic E-state index is 5.40. The van der Waals surface area contributed by atoms with Gasteiger partial charge in [0.1, 0.15) is 0 Å². The predicted octanol–water partition coefficient (Wildman–Crippen LogP) is 3.31. The van der Waals surface area contributed by atoms with E-state index >= 15 is 0 Å². The minimum Gasteiger partial charge on any atom is -0.0628 e. The number of halogens is 1. The molecule has 0 fully saturated rings. The molecule has 0 rings (SSSR count). The Morgan fingerprint density at radius 1 is 1.50 bits per heavy atom. The maximum Gasteiger partial charge on any atom is 0.00853 e. The zero-order valence-electron chi connectivity index (χ0n) is 5.48. The largest absolute Gasteiger partial charge is 0.0628 e. The van der Waals surface area contributed by atoms with E-state index in [0.717, 1.165) is 11.7 Å². The summed E-state index contributed by atoms with van der Waals surface area (Å²) in [5, 5.41) is 0. The fourth-order valence-electron chi connectivity index (χ4n) is 0.546. The van der Waals surface area contributed by atoms with Gasteiger partial charge in [0.25, 0.3) is 0 Å². The molecule has 0 aliphatic heterocycles. The van der Waals surface area contributed by atoms with E-state index in [2.05, 4.69) is 13.8 Å². The molecular weight excluding hydrogens is 140 g/mol. The van der Waals surface area contributed by atoms with Crippen molar-refractivity contribution in [1.82, 2.24) is 0 Å². The van der Waals surface area contributed by atoms with Crippen LogP contribution in [0.25, 0.3) is 0 Å². The van der Waals surface area contributed by atoms with Crippen molar-refractivity contribution in [2.45, 2.75) is 26.7 Å². The molecule has 0 saturated carbocycles. The fourth-order valence-corrected chi connectivity index (χ4v) is 1.15. The van der Waals surface area contributed by atoms with Gasteiger partial charge < -0.3 is 0 Å². The van der Waals surface area contributed by atoms with E-state index in [-0.39, 0.29) is 0 Å². The minimum atomic E-state index is 0.832. The molecule has 0 spiro atoms. The molecule has 0 nitrogen and oxygen atoms in total. The lowest BCUT2D eigenvalue weighted by molar-refractivity contribution is 0.579. The highest BCUT2D eigenvalue weighted by atomic mass is 35.7. The molecule has 0 N–H and O–H groups in total. The molecule has 0 saturated heterocycles. The standard InChI is InChI=1S/C6H13ClS/c1-6(2)4-3-5-8-7/h6H,3-5H2,1-2H3. The molecule has 0 bridgehead atoms. The second kappa shape index (κ2) is 5.77. The molecule has 0 radical (unpaired) electrons. The van der Waals surface area contributed by atoms with Crippen LogP contribution >= 0.6 is 21.7 Å². The predicted molar refractivity (Wildman–Crippen MR) is 42.4 cm³/mol. The van der Waals surface area contributed by atoms with Crippen LogP contribution in [0.3, 0.4) is 0 Å². The Morgan fingerprint density at radius 2 is 2.12 bits per heavy atom. The van der Waals surface area contributed by atoms with Crippen molar-refractivity contribution in [3.63, 3.8) is 0 Å². The van der Waals surface area contributed by atoms with Gasteiger partial charge >= 0.3 is 0 Å². The Kier molecular flexibility index (Phi) is 6.23. The third-order valence-electron chi connectivity index (χ3n) is 1.00. The quantitative estimate of drug-likeness (QED) is 0.557. The van der Waals surface area contributed by atoms with Crippen LogP contribution in [0.2, 0.25) is 0 Å². The van der Waals surface area contributed by atoms with Crippen molar-refractivity contribution in [2.24, 2.45) is 5.92 Å². The Balaban J connectivity index is 2.72. The van der Waals surface area contributed by atoms with Crippen molar-refractivity contribution in [1.29, 1.82) is 0 Å². The fraction of sp³-hybridized carbons (Fsp3) is 1.00. The van der Waals surface area contributed by atoms with Crippen LogP contribution in [0.5, 0.6) is 0 Å². The van der Waals surface area contributed by atoms with Gasteiger partial charge in [-0.25, -0.2) is 0 Å². The molecule has 0 aromatic rings. The van der Waals surface area contributed by atoms with Crippen molar-refractivity contribution in [3.8, 4) is 0 Å². The van der Waals surface area contributed by atoms with E-state index in [1.54, 1.807) is 0 Å². The van der Waals surface area contributed by atoms with Gasteiger partial charge in [-0.05, 0) is 23.0 Å². The van der Waals surface area contributed by atoms with Gasteiger partial charge in [-0.3, -0.25) is 0 Å². The van der Waals surface area contributed by atoms with Gasteiger partial charge in [-0.1, -0.05) is 31.2 Å². The van der Waals surface area contributed by atoms with E-state index < -0.39 is 0 Å². The van der Waals surface area contributed by atoms with Crippen molar-refractivity contribution in [2.75, 3.05) is 5.75 Å². The van der Waals surface area contributed by atoms with Gasteiger partial charge in [0.15, 0.2) is 0 Å². The summed E-state index contributed by atoms with van der Waals surface area (Å²) in [5.74, 6) is 1.93. The highest BCUT2D eigenvalue weighted by Crippen LogP contribution is 2.11. The average Bonchev–Trinajstić information content (AvgIpc) is 1.66. The Hall–Kier alpha value is 0.640. The van der Waals surface area contributed by atoms with Crippen molar-refractivity contribution >= 4 is 21.7 Å². The maximum absolute atomic E-state index is 5.40. The SMILES string of the molecule is CC(C)CCCSCl. The molecule has 0 aliphatic rings. The number of rotatable bonds is 4. The van der Waals surface area contributed by atoms with E-state index in [9.17, 15) is 0 Å². The lowest BCUT2D eigenvalue weighted by Gasteiger charge is -1.99. The van der Waals surface area contributed by atoms with Crippen LogP contribution in [0.1, 0.15) is 26.7 Å². The van der Waals surface area contributed by atoms with Crippen LogP contribution in [-0.2, 0) is 0 Å². The molecule has 0 amide bonds. The molecule has 0 heterocycles. The second-order valence-corrected chi connectivity index (χ2v) is 3.63. The molecule has 0 aromatic carbocycles. The first-order valence-corrected chi connectivity index (χ1v) is 4.82. The van der Waals surface area contributed by atoms with Crippen molar-refractivity contribution in [3.05, 3.63) is 0 Å². The first-order valence-electron chi connectivity index (χ1n) is 3.01. The van der Waals surface area contributed by atoms with Crippen LogP contribution < -0.4 is 0 Å². The molecular formula is C6H13ClS. The minimum absolute atomic E-state index is 0.832. The van der Waals surface area contributed by atoms with E-state index in [1.807, 2.05) is 0 Å². The van der Waals surface area contributed by atoms with Gasteiger partial charge in [0, 0.05) is 5.75 Å². The van der Waals surface area contributed by atoms with Gasteiger partial charge in [0.05, 0.1) is 0 Å². The topological polar surface area (TPSA) is 0 Å². The summed E-state index contributed by atoms with van der Waals surface area (Å²) >= 11 is 0. The Labute approximate surface area is 60.5 Å². The lowest BCUT2D eigenvalue weighted by Crippen LogP contribution is -1.86. The van der Waals surface area contributed by atoms with Gasteiger partial charge in [-0.15, -0.1) is 0 Å². The summed E-state index contributed by atoms with van der Waals surface area (Å²) in [7, 11) is 6.82. The summed E-state index contributed by atoms with van der Waals surface area (Å²) in [6.07, 6.45) is 2.56. The van der Waals surface area contributed by atoms with Crippen LogP contribution in [0.15, 0.2) is 0 Å². The highest BCUT2D eigenvalue weighted by Gasteiger charge is 1.91. The molecule has 50 valence electrons. The zero-order chi connectivity index (χ0) is 6.41. The summed E-state index contributed by atoms with van der Waals surface area (Å²) in [6.45, 7) is 4.47. The van der Waals surface area contributed by atoms with E-state index in [1.165, 1.54) is 23.8 Å². The van der Waals surface area contributed by atoms with Gasteiger partial charge in [-0.2, -0.15) is 0 Å². The normalized spacial score (nSPS) is 10.5. The lowest BCUT2D eigenvalue weighted by atomic mass is 10.1.